The zero-order chi connectivity index (χ0) is 22.5. The van der Waals surface area contributed by atoms with Crippen LogP contribution in [-0.2, 0) is 0 Å². The van der Waals surface area contributed by atoms with E-state index in [1.807, 2.05) is 0 Å². The first kappa shape index (κ1) is 21.2. The molecule has 0 N–H and O–H groups in total. The Morgan fingerprint density at radius 1 is 0.871 bits per heavy atom. The highest BCUT2D eigenvalue weighted by molar-refractivity contribution is 5.86. The molecule has 0 bridgehead atoms. The lowest BCUT2D eigenvalue weighted by Gasteiger charge is -2.24. The Labute approximate surface area is 174 Å². The van der Waals surface area contributed by atoms with Crippen molar-refractivity contribution in [2.45, 2.75) is 11.8 Å². The third-order valence-corrected chi connectivity index (χ3v) is 4.74. The summed E-state index contributed by atoms with van der Waals surface area (Å²) in [5.41, 5.74) is 0.256. The van der Waals surface area contributed by atoms with E-state index in [0.29, 0.717) is 11.1 Å². The molecule has 0 saturated carbocycles. The number of benzene rings is 2. The first-order valence-electron chi connectivity index (χ1n) is 8.92. The number of carbonyl (C=O) groups excluding carboxylic acids is 1. The molecule has 0 aliphatic heterocycles. The second kappa shape index (κ2) is 8.90. The van der Waals surface area contributed by atoms with Gasteiger partial charge in [0.15, 0.2) is 0 Å². The number of aromatic nitrogens is 2. The average molecular weight is 425 g/mol. The third kappa shape index (κ3) is 4.75. The summed E-state index contributed by atoms with van der Waals surface area (Å²) in [6.07, 6.45) is 2.76. The summed E-state index contributed by atoms with van der Waals surface area (Å²) >= 11 is 0. The van der Waals surface area contributed by atoms with Gasteiger partial charge in [0.1, 0.15) is 0 Å². The van der Waals surface area contributed by atoms with Crippen molar-refractivity contribution in [3.05, 3.63) is 108 Å². The molecule has 0 saturated heterocycles. The van der Waals surface area contributed by atoms with E-state index in [0.717, 1.165) is 4.68 Å². The van der Waals surface area contributed by atoms with E-state index in [-0.39, 0.29) is 11.4 Å². The van der Waals surface area contributed by atoms with E-state index in [1.54, 1.807) is 0 Å². The zero-order valence-electron chi connectivity index (χ0n) is 15.8. The number of non-ortho nitro benzene ring substituents is 2. The van der Waals surface area contributed by atoms with Gasteiger partial charge in [-0.15, -0.1) is 0 Å². The van der Waals surface area contributed by atoms with Crippen LogP contribution >= 0.6 is 0 Å². The molecule has 3 aromatic rings. The first-order valence-corrected chi connectivity index (χ1v) is 8.92. The topological polar surface area (TPSA) is 164 Å². The molecule has 0 amide bonds. The maximum absolute atomic E-state index is 13.2. The summed E-state index contributed by atoms with van der Waals surface area (Å²) in [5.74, 6) is -2.70. The summed E-state index contributed by atoms with van der Waals surface area (Å²) in [7, 11) is 0. The molecule has 1 heterocycles. The van der Waals surface area contributed by atoms with E-state index < -0.39 is 39.1 Å². The number of nitrogens with zero attached hydrogens (tertiary/aromatic N) is 5. The minimum Gasteiger partial charge on any atom is -0.272 e. The van der Waals surface area contributed by atoms with Crippen LogP contribution in [0.2, 0.25) is 0 Å². The van der Waals surface area contributed by atoms with Gasteiger partial charge < -0.3 is 0 Å². The van der Waals surface area contributed by atoms with Crippen molar-refractivity contribution in [3.8, 4) is 0 Å². The van der Waals surface area contributed by atoms with Crippen molar-refractivity contribution >= 4 is 17.3 Å². The highest BCUT2D eigenvalue weighted by Gasteiger charge is 2.36. The van der Waals surface area contributed by atoms with Crippen molar-refractivity contribution in [2.75, 3.05) is 6.54 Å². The van der Waals surface area contributed by atoms with Gasteiger partial charge in [0, 0.05) is 41.6 Å². The van der Waals surface area contributed by atoms with Crippen LogP contribution < -0.4 is 0 Å². The smallest absolute Gasteiger partial charge is 0.269 e. The standard InChI is InChI=1S/C19H15N5O7/c25-19(21-11-1-10-20-21)18(14-4-8-16(9-5-14)24(30)31)17(12-22(26)27)13-2-6-15(7-3-13)23(28)29/h1-11,17-18H,12H2/t17-,18+/m1/s1. The minimum absolute atomic E-state index is 0.199. The van der Waals surface area contributed by atoms with Crippen LogP contribution in [0.15, 0.2) is 67.0 Å². The number of hydrogen-bond acceptors (Lipinski definition) is 8. The summed E-state index contributed by atoms with van der Waals surface area (Å²) in [5, 5.41) is 37.2. The van der Waals surface area contributed by atoms with Crippen molar-refractivity contribution < 1.29 is 19.6 Å². The van der Waals surface area contributed by atoms with Gasteiger partial charge in [0.2, 0.25) is 6.54 Å². The largest absolute Gasteiger partial charge is 0.272 e. The van der Waals surface area contributed by atoms with Gasteiger partial charge in [-0.1, -0.05) is 24.3 Å². The maximum Gasteiger partial charge on any atom is 0.269 e. The Morgan fingerprint density at radius 2 is 1.39 bits per heavy atom. The Hall–Kier alpha value is -4.48. The number of nitro benzene ring substituents is 2. The van der Waals surface area contributed by atoms with E-state index in [4.69, 9.17) is 0 Å². The molecule has 31 heavy (non-hydrogen) atoms. The molecule has 12 heteroatoms. The van der Waals surface area contributed by atoms with Gasteiger partial charge in [0.25, 0.3) is 17.3 Å². The third-order valence-electron chi connectivity index (χ3n) is 4.74. The van der Waals surface area contributed by atoms with Crippen molar-refractivity contribution in [2.24, 2.45) is 0 Å². The van der Waals surface area contributed by atoms with Gasteiger partial charge in [-0.2, -0.15) is 5.10 Å². The second-order valence-corrected chi connectivity index (χ2v) is 6.59. The molecule has 0 aliphatic carbocycles. The minimum atomic E-state index is -1.12. The van der Waals surface area contributed by atoms with Gasteiger partial charge in [-0.3, -0.25) is 35.1 Å². The predicted octanol–water partition coefficient (Wildman–Crippen LogP) is 3.18. The Bertz CT molecular complexity index is 1110. The monoisotopic (exact) mass is 425 g/mol. The van der Waals surface area contributed by atoms with Crippen LogP contribution in [-0.4, -0.2) is 37.0 Å². The molecular weight excluding hydrogens is 410 g/mol. The number of nitro groups is 3. The van der Waals surface area contributed by atoms with Gasteiger partial charge >= 0.3 is 0 Å². The fraction of sp³-hybridized carbons (Fsp3) is 0.158. The van der Waals surface area contributed by atoms with Crippen LogP contribution in [0.25, 0.3) is 0 Å². The molecule has 3 rings (SSSR count). The van der Waals surface area contributed by atoms with Gasteiger partial charge in [-0.25, -0.2) is 4.68 Å². The first-order chi connectivity index (χ1) is 14.8. The van der Waals surface area contributed by atoms with Gasteiger partial charge in [0.05, 0.1) is 21.7 Å². The quantitative estimate of drug-likeness (QED) is 0.392. The van der Waals surface area contributed by atoms with Crippen LogP contribution in [0.3, 0.4) is 0 Å². The van der Waals surface area contributed by atoms with Crippen molar-refractivity contribution in [3.63, 3.8) is 0 Å². The normalized spacial score (nSPS) is 12.6. The Kier molecular flexibility index (Phi) is 6.10. The number of hydrogen-bond donors (Lipinski definition) is 0. The maximum atomic E-state index is 13.2. The van der Waals surface area contributed by atoms with Crippen LogP contribution in [0, 0.1) is 30.3 Å². The zero-order valence-corrected chi connectivity index (χ0v) is 15.8. The lowest BCUT2D eigenvalue weighted by molar-refractivity contribution is -0.483. The molecule has 0 aliphatic rings. The SMILES string of the molecule is O=C([C@@H](c1ccc([N+](=O)[O-])cc1)[C@H](C[N+](=O)[O-])c1ccc([N+](=O)[O-])cc1)n1cccn1. The molecule has 0 unspecified atom stereocenters. The molecular formula is C19H15N5O7. The lowest BCUT2D eigenvalue weighted by Crippen LogP contribution is -2.30. The van der Waals surface area contributed by atoms with E-state index in [1.165, 1.54) is 67.0 Å². The van der Waals surface area contributed by atoms with E-state index in [2.05, 4.69) is 5.10 Å². The van der Waals surface area contributed by atoms with Crippen molar-refractivity contribution in [1.29, 1.82) is 0 Å². The molecule has 0 radical (unpaired) electrons. The Balaban J connectivity index is 2.12. The van der Waals surface area contributed by atoms with Gasteiger partial charge in [-0.05, 0) is 17.2 Å². The fourth-order valence-electron chi connectivity index (χ4n) is 3.30. The summed E-state index contributed by atoms with van der Waals surface area (Å²) in [4.78, 5) is 44.8. The summed E-state index contributed by atoms with van der Waals surface area (Å²) < 4.78 is 1.03. The summed E-state index contributed by atoms with van der Waals surface area (Å²) in [6, 6.07) is 11.8. The molecule has 2 aromatic carbocycles. The predicted molar refractivity (Wildman–Crippen MR) is 106 cm³/mol. The second-order valence-electron chi connectivity index (χ2n) is 6.59. The summed E-state index contributed by atoms with van der Waals surface area (Å²) in [6.45, 7) is -0.646. The Morgan fingerprint density at radius 3 is 1.81 bits per heavy atom. The van der Waals surface area contributed by atoms with Crippen molar-refractivity contribution in [1.82, 2.24) is 9.78 Å². The van der Waals surface area contributed by atoms with E-state index in [9.17, 15) is 35.1 Å². The highest BCUT2D eigenvalue weighted by Crippen LogP contribution is 2.36. The van der Waals surface area contributed by atoms with E-state index >= 15 is 0 Å². The number of rotatable bonds is 8. The molecule has 2 atom stereocenters. The van der Waals surface area contributed by atoms with Crippen LogP contribution in [0.4, 0.5) is 11.4 Å². The highest BCUT2D eigenvalue weighted by atomic mass is 16.6. The molecule has 1 aromatic heterocycles. The molecule has 0 spiro atoms. The van der Waals surface area contributed by atoms with Crippen LogP contribution in [0.1, 0.15) is 27.8 Å². The average Bonchev–Trinajstić information content (AvgIpc) is 3.28. The number of carbonyl (C=O) groups is 1. The lowest BCUT2D eigenvalue weighted by atomic mass is 9.80. The molecule has 12 nitrogen and oxygen atoms in total. The molecule has 0 fully saturated rings. The fourth-order valence-corrected chi connectivity index (χ4v) is 3.30. The van der Waals surface area contributed by atoms with Crippen LogP contribution in [0.5, 0.6) is 0 Å². The molecule has 158 valence electrons.